The predicted molar refractivity (Wildman–Crippen MR) is 99.4 cm³/mol. The van der Waals surface area contributed by atoms with Crippen LogP contribution in [0.1, 0.15) is 22.3 Å². The number of hydrogen-bond acceptors (Lipinski definition) is 5. The molecule has 1 unspecified atom stereocenters. The van der Waals surface area contributed by atoms with Gasteiger partial charge in [0.05, 0.1) is 18.8 Å². The molecule has 0 saturated carbocycles. The first-order chi connectivity index (χ1) is 12.0. The first kappa shape index (κ1) is 17.9. The Bertz CT molecular complexity index is 733. The number of rotatable bonds is 5. The van der Waals surface area contributed by atoms with Crippen LogP contribution in [-0.4, -0.2) is 57.6 Å². The van der Waals surface area contributed by atoms with Gasteiger partial charge in [0.1, 0.15) is 5.60 Å². The number of nitrogens with zero attached hydrogens (tertiary/aromatic N) is 2. The molecule has 1 atom stereocenters. The second kappa shape index (κ2) is 7.56. The molecule has 1 saturated heterocycles. The molecule has 25 heavy (non-hydrogen) atoms. The maximum atomic E-state index is 12.5. The van der Waals surface area contributed by atoms with Gasteiger partial charge in [-0.25, -0.2) is 0 Å². The van der Waals surface area contributed by atoms with Crippen LogP contribution in [0.15, 0.2) is 42.6 Å². The van der Waals surface area contributed by atoms with Gasteiger partial charge in [0.15, 0.2) is 0 Å². The highest BCUT2D eigenvalue weighted by Gasteiger charge is 2.37. The molecular formula is C19H22N2O3S. The Balaban J connectivity index is 1.71. The van der Waals surface area contributed by atoms with Crippen LogP contribution >= 0.6 is 11.8 Å². The van der Waals surface area contributed by atoms with Crippen molar-refractivity contribution in [1.29, 1.82) is 0 Å². The van der Waals surface area contributed by atoms with Crippen LogP contribution in [0.3, 0.4) is 0 Å². The lowest BCUT2D eigenvalue weighted by molar-refractivity contribution is -0.00455. The molecule has 2 heterocycles. The second-order valence-corrected chi connectivity index (χ2v) is 7.29. The molecule has 0 radical (unpaired) electrons. The topological polar surface area (TPSA) is 73.7 Å². The number of carbonyl (C=O) groups is 1. The Morgan fingerprint density at radius 3 is 2.60 bits per heavy atom. The molecule has 6 heteroatoms. The predicted octanol–water partition coefficient (Wildman–Crippen LogP) is 2.18. The molecule has 132 valence electrons. The SMILES string of the molecule is CSCc1ccc(-c2ccc(C(=O)N3CCC(O)(CO)C3)cc2)nc1. The molecule has 3 rings (SSSR count). The number of amides is 1. The lowest BCUT2D eigenvalue weighted by Crippen LogP contribution is -2.38. The number of aliphatic hydroxyl groups excluding tert-OH is 1. The Morgan fingerprint density at radius 2 is 2.04 bits per heavy atom. The van der Waals surface area contributed by atoms with Crippen molar-refractivity contribution in [2.75, 3.05) is 26.0 Å². The maximum absolute atomic E-state index is 12.5. The molecule has 0 aliphatic carbocycles. The highest BCUT2D eigenvalue weighted by molar-refractivity contribution is 7.97. The molecule has 1 aromatic carbocycles. The van der Waals surface area contributed by atoms with Crippen molar-refractivity contribution in [1.82, 2.24) is 9.88 Å². The Labute approximate surface area is 151 Å². The van der Waals surface area contributed by atoms with Crippen molar-refractivity contribution in [3.63, 3.8) is 0 Å². The average molecular weight is 358 g/mol. The zero-order chi connectivity index (χ0) is 17.9. The fourth-order valence-corrected chi connectivity index (χ4v) is 3.48. The molecule has 1 aliphatic heterocycles. The van der Waals surface area contributed by atoms with E-state index < -0.39 is 5.60 Å². The van der Waals surface area contributed by atoms with E-state index in [4.69, 9.17) is 0 Å². The van der Waals surface area contributed by atoms with E-state index in [2.05, 4.69) is 17.3 Å². The van der Waals surface area contributed by atoms with Gasteiger partial charge >= 0.3 is 0 Å². The van der Waals surface area contributed by atoms with Crippen molar-refractivity contribution in [2.45, 2.75) is 17.8 Å². The van der Waals surface area contributed by atoms with Crippen LogP contribution in [0.2, 0.25) is 0 Å². The number of hydrogen-bond donors (Lipinski definition) is 2. The first-order valence-corrected chi connectivity index (χ1v) is 9.61. The molecule has 0 bridgehead atoms. The van der Waals surface area contributed by atoms with E-state index in [1.165, 1.54) is 5.56 Å². The largest absolute Gasteiger partial charge is 0.393 e. The summed E-state index contributed by atoms with van der Waals surface area (Å²) in [6.07, 6.45) is 4.34. The Kier molecular flexibility index (Phi) is 5.42. The lowest BCUT2D eigenvalue weighted by atomic mass is 10.1. The molecule has 2 N–H and O–H groups in total. The van der Waals surface area contributed by atoms with Gasteiger partial charge in [-0.05, 0) is 36.4 Å². The summed E-state index contributed by atoms with van der Waals surface area (Å²) in [5.41, 5.74) is 2.43. The van der Waals surface area contributed by atoms with E-state index in [1.54, 1.807) is 28.8 Å². The van der Waals surface area contributed by atoms with Gasteiger partial charge < -0.3 is 15.1 Å². The van der Waals surface area contributed by atoms with Crippen molar-refractivity contribution in [3.8, 4) is 11.3 Å². The van der Waals surface area contributed by atoms with Gasteiger partial charge in [0.2, 0.25) is 0 Å². The quantitative estimate of drug-likeness (QED) is 0.857. The van der Waals surface area contributed by atoms with Crippen LogP contribution in [0.5, 0.6) is 0 Å². The van der Waals surface area contributed by atoms with Gasteiger partial charge in [-0.2, -0.15) is 11.8 Å². The fourth-order valence-electron chi connectivity index (χ4n) is 2.97. The minimum Gasteiger partial charge on any atom is -0.393 e. The fraction of sp³-hybridized carbons (Fsp3) is 0.368. The van der Waals surface area contributed by atoms with Crippen LogP contribution in [0, 0.1) is 0 Å². The summed E-state index contributed by atoms with van der Waals surface area (Å²) in [5.74, 6) is 0.815. The molecule has 1 aromatic heterocycles. The molecule has 0 spiro atoms. The van der Waals surface area contributed by atoms with Crippen LogP contribution in [0.4, 0.5) is 0 Å². The number of aromatic nitrogens is 1. The summed E-state index contributed by atoms with van der Waals surface area (Å²) in [4.78, 5) is 18.6. The minimum absolute atomic E-state index is 0.126. The molecule has 1 aliphatic rings. The van der Waals surface area contributed by atoms with Gasteiger partial charge in [-0.15, -0.1) is 0 Å². The summed E-state index contributed by atoms with van der Waals surface area (Å²) in [7, 11) is 0. The number of benzene rings is 1. The zero-order valence-electron chi connectivity index (χ0n) is 14.2. The van der Waals surface area contributed by atoms with Crippen molar-refractivity contribution in [3.05, 3.63) is 53.7 Å². The first-order valence-electron chi connectivity index (χ1n) is 8.21. The number of aliphatic hydroxyl groups is 2. The van der Waals surface area contributed by atoms with Crippen molar-refractivity contribution >= 4 is 17.7 Å². The number of pyridine rings is 1. The number of β-amino-alcohol motifs (C(OH)–C–C–N with tert-alkyl or cyclic N) is 1. The third-order valence-corrected chi connectivity index (χ3v) is 5.10. The van der Waals surface area contributed by atoms with E-state index in [0.29, 0.717) is 18.5 Å². The van der Waals surface area contributed by atoms with Crippen molar-refractivity contribution < 1.29 is 15.0 Å². The third-order valence-electron chi connectivity index (χ3n) is 4.48. The highest BCUT2D eigenvalue weighted by Crippen LogP contribution is 2.24. The average Bonchev–Trinajstić information content (AvgIpc) is 3.05. The standard InChI is InChI=1S/C19H22N2O3S/c1-25-11-14-2-7-17(20-10-14)15-3-5-16(6-4-15)18(23)21-9-8-19(24,12-21)13-22/h2-7,10,22,24H,8-9,11-13H2,1H3. The number of carbonyl (C=O) groups excluding carboxylic acids is 1. The van der Waals surface area contributed by atoms with Gasteiger partial charge in [-0.3, -0.25) is 9.78 Å². The molecule has 1 amide bonds. The lowest BCUT2D eigenvalue weighted by Gasteiger charge is -2.21. The molecule has 2 aromatic rings. The van der Waals surface area contributed by atoms with E-state index in [9.17, 15) is 15.0 Å². The Morgan fingerprint density at radius 1 is 1.28 bits per heavy atom. The van der Waals surface area contributed by atoms with Gasteiger partial charge in [0.25, 0.3) is 5.91 Å². The Hall–Kier alpha value is -1.89. The van der Waals surface area contributed by atoms with Crippen molar-refractivity contribution in [2.24, 2.45) is 0 Å². The maximum Gasteiger partial charge on any atom is 0.253 e. The van der Waals surface area contributed by atoms with E-state index in [0.717, 1.165) is 17.0 Å². The van der Waals surface area contributed by atoms with E-state index in [1.807, 2.05) is 24.4 Å². The smallest absolute Gasteiger partial charge is 0.253 e. The van der Waals surface area contributed by atoms with E-state index in [-0.39, 0.29) is 19.1 Å². The normalized spacial score (nSPS) is 20.0. The summed E-state index contributed by atoms with van der Waals surface area (Å²) in [6.45, 7) is 0.298. The molecule has 1 fully saturated rings. The third kappa shape index (κ3) is 4.03. The monoisotopic (exact) mass is 358 g/mol. The summed E-state index contributed by atoms with van der Waals surface area (Å²) >= 11 is 1.76. The zero-order valence-corrected chi connectivity index (χ0v) is 15.0. The van der Waals surface area contributed by atoms with Gasteiger partial charge in [0, 0.05) is 29.6 Å². The van der Waals surface area contributed by atoms with Crippen LogP contribution in [-0.2, 0) is 5.75 Å². The second-order valence-electron chi connectivity index (χ2n) is 6.42. The number of likely N-dealkylation sites (tertiary alicyclic amines) is 1. The van der Waals surface area contributed by atoms with E-state index >= 15 is 0 Å². The van der Waals surface area contributed by atoms with Crippen LogP contribution in [0.25, 0.3) is 11.3 Å². The van der Waals surface area contributed by atoms with Crippen LogP contribution < -0.4 is 0 Å². The highest BCUT2D eigenvalue weighted by atomic mass is 32.2. The number of thioether (sulfide) groups is 1. The van der Waals surface area contributed by atoms with Gasteiger partial charge in [-0.1, -0.05) is 18.2 Å². The summed E-state index contributed by atoms with van der Waals surface area (Å²) in [6, 6.07) is 11.4. The summed E-state index contributed by atoms with van der Waals surface area (Å²) < 4.78 is 0. The minimum atomic E-state index is -1.17. The summed E-state index contributed by atoms with van der Waals surface area (Å²) in [5, 5.41) is 19.3. The molecular weight excluding hydrogens is 336 g/mol. The molecule has 5 nitrogen and oxygen atoms in total.